The Kier molecular flexibility index (Phi) is 6.42. The van der Waals surface area contributed by atoms with E-state index in [2.05, 4.69) is 10.6 Å². The minimum atomic E-state index is -3.37. The number of imide groups is 1. The van der Waals surface area contributed by atoms with E-state index in [1.807, 2.05) is 13.8 Å². The van der Waals surface area contributed by atoms with Gasteiger partial charge in [-0.3, -0.25) is 14.4 Å². The Morgan fingerprint density at radius 1 is 1.26 bits per heavy atom. The van der Waals surface area contributed by atoms with Crippen molar-refractivity contribution in [2.75, 3.05) is 30.3 Å². The maximum atomic E-state index is 12.1. The molecule has 2 rings (SSSR count). The molecule has 148 valence electrons. The highest BCUT2D eigenvalue weighted by Crippen LogP contribution is 2.30. The summed E-state index contributed by atoms with van der Waals surface area (Å²) in [7, 11) is -3.37. The van der Waals surface area contributed by atoms with Crippen LogP contribution in [-0.4, -0.2) is 52.3 Å². The van der Waals surface area contributed by atoms with E-state index in [1.54, 1.807) is 12.1 Å². The number of nitrogens with one attached hydrogen (secondary N) is 2. The summed E-state index contributed by atoms with van der Waals surface area (Å²) in [5.74, 6) is -1.23. The van der Waals surface area contributed by atoms with Gasteiger partial charge in [-0.25, -0.2) is 18.0 Å². The molecule has 3 amide bonds. The first kappa shape index (κ1) is 20.7. The van der Waals surface area contributed by atoms with E-state index in [4.69, 9.17) is 4.74 Å². The molecule has 27 heavy (non-hydrogen) atoms. The quantitative estimate of drug-likeness (QED) is 0.680. The lowest BCUT2D eigenvalue weighted by Crippen LogP contribution is -2.42. The summed E-state index contributed by atoms with van der Waals surface area (Å²) in [6, 6.07) is 3.89. The number of carbonyl (C=O) groups is 3. The maximum Gasteiger partial charge on any atom is 0.338 e. The normalized spacial score (nSPS) is 13.3. The van der Waals surface area contributed by atoms with Gasteiger partial charge in [-0.15, -0.1) is 0 Å². The lowest BCUT2D eigenvalue weighted by atomic mass is 10.1. The highest BCUT2D eigenvalue weighted by molar-refractivity contribution is 7.92. The molecule has 0 aliphatic carbocycles. The Bertz CT molecular complexity index is 850. The maximum absolute atomic E-state index is 12.1. The molecule has 1 aromatic carbocycles. The smallest absolute Gasteiger partial charge is 0.338 e. The first-order valence-electron chi connectivity index (χ1n) is 8.43. The lowest BCUT2D eigenvalue weighted by Gasteiger charge is -2.16. The zero-order valence-electron chi connectivity index (χ0n) is 15.4. The molecular formula is C17H23N3O6S. The fourth-order valence-electron chi connectivity index (χ4n) is 2.56. The minimum Gasteiger partial charge on any atom is -0.452 e. The Labute approximate surface area is 158 Å². The van der Waals surface area contributed by atoms with Crippen molar-refractivity contribution in [3.05, 3.63) is 29.3 Å². The number of sulfonamides is 1. The van der Waals surface area contributed by atoms with Gasteiger partial charge < -0.3 is 10.1 Å². The molecule has 0 atom stereocenters. The number of fused-ring (bicyclic) bond motifs is 1. The highest BCUT2D eigenvalue weighted by Gasteiger charge is 2.27. The Hall–Kier alpha value is -2.62. The number of anilines is 1. The van der Waals surface area contributed by atoms with E-state index in [0.717, 1.165) is 6.26 Å². The van der Waals surface area contributed by atoms with E-state index >= 15 is 0 Å². The van der Waals surface area contributed by atoms with Crippen LogP contribution in [-0.2, 0) is 26.0 Å². The monoisotopic (exact) mass is 397 g/mol. The minimum absolute atomic E-state index is 0.209. The average Bonchev–Trinajstić information content (AvgIpc) is 3.01. The zero-order chi connectivity index (χ0) is 20.2. The van der Waals surface area contributed by atoms with Crippen LogP contribution in [0.15, 0.2) is 18.2 Å². The van der Waals surface area contributed by atoms with Crippen LogP contribution in [0.2, 0.25) is 0 Å². The van der Waals surface area contributed by atoms with Gasteiger partial charge in [0.2, 0.25) is 10.0 Å². The molecule has 0 saturated heterocycles. The van der Waals surface area contributed by atoms with E-state index in [9.17, 15) is 22.8 Å². The summed E-state index contributed by atoms with van der Waals surface area (Å²) >= 11 is 0. The van der Waals surface area contributed by atoms with Crippen LogP contribution in [0.1, 0.15) is 29.8 Å². The molecule has 0 aromatic heterocycles. The number of hydrogen-bond donors (Lipinski definition) is 2. The second-order valence-corrected chi connectivity index (χ2v) is 8.56. The molecule has 9 nitrogen and oxygen atoms in total. The van der Waals surface area contributed by atoms with Crippen LogP contribution in [0.4, 0.5) is 10.5 Å². The van der Waals surface area contributed by atoms with Crippen LogP contribution >= 0.6 is 0 Å². The van der Waals surface area contributed by atoms with Crippen molar-refractivity contribution in [1.29, 1.82) is 0 Å². The van der Waals surface area contributed by atoms with E-state index in [1.165, 1.54) is 10.4 Å². The lowest BCUT2D eigenvalue weighted by molar-refractivity contribution is -0.123. The Morgan fingerprint density at radius 2 is 1.96 bits per heavy atom. The highest BCUT2D eigenvalue weighted by atomic mass is 32.2. The number of carbonyl (C=O) groups excluding carboxylic acids is 3. The third-order valence-corrected chi connectivity index (χ3v) is 5.01. The molecule has 1 aliphatic rings. The van der Waals surface area contributed by atoms with Crippen LogP contribution in [0.5, 0.6) is 0 Å². The van der Waals surface area contributed by atoms with E-state index < -0.39 is 34.5 Å². The van der Waals surface area contributed by atoms with Gasteiger partial charge in [0.1, 0.15) is 0 Å². The predicted octanol–water partition coefficient (Wildman–Crippen LogP) is 0.647. The third-order valence-electron chi connectivity index (χ3n) is 3.83. The van der Waals surface area contributed by atoms with Crippen molar-refractivity contribution in [2.24, 2.45) is 5.92 Å². The first-order valence-corrected chi connectivity index (χ1v) is 10.3. The van der Waals surface area contributed by atoms with Gasteiger partial charge in [0.05, 0.1) is 17.5 Å². The number of ether oxygens (including phenoxy) is 1. The van der Waals surface area contributed by atoms with Crippen molar-refractivity contribution in [1.82, 2.24) is 10.6 Å². The second-order valence-electron chi connectivity index (χ2n) is 6.66. The van der Waals surface area contributed by atoms with Crippen LogP contribution in [0.3, 0.4) is 0 Å². The largest absolute Gasteiger partial charge is 0.452 e. The summed E-state index contributed by atoms with van der Waals surface area (Å²) in [4.78, 5) is 35.2. The molecule has 2 N–H and O–H groups in total. The molecule has 0 saturated carbocycles. The number of urea groups is 1. The SMILES string of the molecule is CC(C)CNC(=O)NC(=O)COC(=O)c1ccc2c(c1)CCN2S(C)(=O)=O. The molecule has 0 bridgehead atoms. The van der Waals surface area contributed by atoms with Gasteiger partial charge in [0.25, 0.3) is 5.91 Å². The summed E-state index contributed by atoms with van der Waals surface area (Å²) in [5.41, 5.74) is 1.46. The van der Waals surface area contributed by atoms with Crippen LogP contribution in [0.25, 0.3) is 0 Å². The Morgan fingerprint density at radius 3 is 2.59 bits per heavy atom. The van der Waals surface area contributed by atoms with Gasteiger partial charge in [0.15, 0.2) is 6.61 Å². The summed E-state index contributed by atoms with van der Waals surface area (Å²) in [5, 5.41) is 4.58. The number of rotatable bonds is 6. The standard InChI is InChI=1S/C17H23N3O6S/c1-11(2)9-18-17(23)19-15(21)10-26-16(22)13-4-5-14-12(8-13)6-7-20(14)27(3,24)25/h4-5,8,11H,6-7,9-10H2,1-3H3,(H2,18,19,21,23). The van der Waals surface area contributed by atoms with Crippen LogP contribution in [0, 0.1) is 5.92 Å². The van der Waals surface area contributed by atoms with Crippen molar-refractivity contribution in [2.45, 2.75) is 20.3 Å². The third kappa shape index (κ3) is 5.68. The van der Waals surface area contributed by atoms with E-state index in [0.29, 0.717) is 30.8 Å². The van der Waals surface area contributed by atoms with Crippen molar-refractivity contribution in [3.8, 4) is 0 Å². The Balaban J connectivity index is 1.90. The van der Waals surface area contributed by atoms with Gasteiger partial charge in [-0.05, 0) is 36.1 Å². The number of nitrogens with zero attached hydrogens (tertiary/aromatic N) is 1. The van der Waals surface area contributed by atoms with Gasteiger partial charge in [-0.2, -0.15) is 0 Å². The average molecular weight is 397 g/mol. The number of benzene rings is 1. The topological polar surface area (TPSA) is 122 Å². The van der Waals surface area contributed by atoms with Crippen molar-refractivity contribution < 1.29 is 27.5 Å². The van der Waals surface area contributed by atoms with Crippen molar-refractivity contribution in [3.63, 3.8) is 0 Å². The molecule has 10 heteroatoms. The van der Waals surface area contributed by atoms with Crippen LogP contribution < -0.4 is 14.9 Å². The molecule has 0 unspecified atom stereocenters. The number of amides is 3. The summed E-state index contributed by atoms with van der Waals surface area (Å²) in [6.07, 6.45) is 1.61. The van der Waals surface area contributed by atoms with Crippen molar-refractivity contribution >= 4 is 33.6 Å². The summed E-state index contributed by atoms with van der Waals surface area (Å²) in [6.45, 7) is 3.96. The van der Waals surface area contributed by atoms with E-state index in [-0.39, 0.29) is 11.5 Å². The molecule has 0 radical (unpaired) electrons. The van der Waals surface area contributed by atoms with Gasteiger partial charge in [-0.1, -0.05) is 13.8 Å². The molecule has 1 aliphatic heterocycles. The van der Waals surface area contributed by atoms with Gasteiger partial charge in [0, 0.05) is 13.1 Å². The molecule has 0 spiro atoms. The number of hydrogen-bond acceptors (Lipinski definition) is 6. The fraction of sp³-hybridized carbons (Fsp3) is 0.471. The molecular weight excluding hydrogens is 374 g/mol. The zero-order valence-corrected chi connectivity index (χ0v) is 16.3. The molecule has 1 heterocycles. The fourth-order valence-corrected chi connectivity index (χ4v) is 3.52. The predicted molar refractivity (Wildman–Crippen MR) is 99.0 cm³/mol. The number of esters is 1. The molecule has 0 fully saturated rings. The second kappa shape index (κ2) is 8.38. The first-order chi connectivity index (χ1) is 12.6. The summed E-state index contributed by atoms with van der Waals surface area (Å²) < 4.78 is 29.6. The van der Waals surface area contributed by atoms with Gasteiger partial charge >= 0.3 is 12.0 Å². The molecule has 1 aromatic rings.